The van der Waals surface area contributed by atoms with E-state index in [1.54, 1.807) is 12.1 Å². The summed E-state index contributed by atoms with van der Waals surface area (Å²) in [5.41, 5.74) is 1.06. The average Bonchev–Trinajstić information content (AvgIpc) is 2.43. The largest absolute Gasteiger partial charge is 0.375 e. The Labute approximate surface area is 124 Å². The molecule has 0 aliphatic carbocycles. The van der Waals surface area contributed by atoms with Crippen LogP contribution in [0.1, 0.15) is 5.56 Å². The highest BCUT2D eigenvalue weighted by atomic mass is 32.2. The maximum absolute atomic E-state index is 13.8. The number of rotatable bonds is 4. The van der Waals surface area contributed by atoms with E-state index in [0.29, 0.717) is 4.90 Å². The summed E-state index contributed by atoms with van der Waals surface area (Å²) in [4.78, 5) is 11.9. The van der Waals surface area contributed by atoms with Crippen LogP contribution in [0.4, 0.5) is 18.9 Å². The van der Waals surface area contributed by atoms with Crippen molar-refractivity contribution >= 4 is 23.4 Å². The molecule has 2 nitrogen and oxygen atoms in total. The summed E-state index contributed by atoms with van der Waals surface area (Å²) in [7, 11) is 0. The first-order valence-corrected chi connectivity index (χ1v) is 6.89. The molecule has 0 bridgehead atoms. The van der Waals surface area contributed by atoms with Gasteiger partial charge in [-0.25, -0.2) is 4.39 Å². The Balaban J connectivity index is 2.05. The Hall–Kier alpha value is -1.95. The fourth-order valence-corrected chi connectivity index (χ4v) is 2.25. The van der Waals surface area contributed by atoms with Gasteiger partial charge in [-0.15, -0.1) is 0 Å². The van der Waals surface area contributed by atoms with Crippen LogP contribution in [-0.2, 0) is 4.79 Å². The van der Waals surface area contributed by atoms with Crippen LogP contribution in [0.3, 0.4) is 0 Å². The van der Waals surface area contributed by atoms with E-state index in [1.165, 1.54) is 24.3 Å². The van der Waals surface area contributed by atoms with Crippen molar-refractivity contribution in [2.24, 2.45) is 0 Å². The Morgan fingerprint density at radius 3 is 2.19 bits per heavy atom. The summed E-state index contributed by atoms with van der Waals surface area (Å²) in [5.74, 6) is -1.95. The zero-order chi connectivity index (χ0) is 15.5. The number of nitrogens with one attached hydrogen (secondary N) is 1. The van der Waals surface area contributed by atoms with Crippen molar-refractivity contribution in [3.05, 3.63) is 59.9 Å². The Kier molecular flexibility index (Phi) is 4.57. The van der Waals surface area contributed by atoms with Gasteiger partial charge in [-0.2, -0.15) is 8.78 Å². The Bertz CT molecular complexity index is 626. The van der Waals surface area contributed by atoms with Gasteiger partial charge >= 0.3 is 11.2 Å². The predicted octanol–water partition coefficient (Wildman–Crippen LogP) is 4.46. The topological polar surface area (TPSA) is 29.1 Å². The third kappa shape index (κ3) is 4.26. The second-order valence-electron chi connectivity index (χ2n) is 4.39. The number of hydrogen-bond donors (Lipinski definition) is 1. The van der Waals surface area contributed by atoms with E-state index in [1.807, 2.05) is 6.92 Å². The van der Waals surface area contributed by atoms with Gasteiger partial charge in [0.1, 0.15) is 5.82 Å². The van der Waals surface area contributed by atoms with Crippen molar-refractivity contribution in [3.63, 3.8) is 0 Å². The summed E-state index contributed by atoms with van der Waals surface area (Å²) >= 11 is 0.166. The molecule has 0 fully saturated rings. The predicted molar refractivity (Wildman–Crippen MR) is 77.0 cm³/mol. The molecule has 0 unspecified atom stereocenters. The van der Waals surface area contributed by atoms with Crippen molar-refractivity contribution in [1.29, 1.82) is 0 Å². The standard InChI is InChI=1S/C15H12F3NOS/c1-10-2-8-13(9-3-10)21-15(17,18)14(20)19-12-6-4-11(16)5-7-12/h2-9H,1H3,(H,19,20). The number of benzene rings is 2. The van der Waals surface area contributed by atoms with Gasteiger partial charge in [-0.3, -0.25) is 4.79 Å². The van der Waals surface area contributed by atoms with Crippen LogP contribution in [-0.4, -0.2) is 11.2 Å². The van der Waals surface area contributed by atoms with Gasteiger partial charge in [0.05, 0.1) is 0 Å². The molecule has 1 amide bonds. The van der Waals surface area contributed by atoms with Crippen molar-refractivity contribution < 1.29 is 18.0 Å². The number of aryl methyl sites for hydroxylation is 1. The Morgan fingerprint density at radius 2 is 1.62 bits per heavy atom. The van der Waals surface area contributed by atoms with E-state index in [-0.39, 0.29) is 17.4 Å². The molecule has 0 heterocycles. The highest BCUT2D eigenvalue weighted by Gasteiger charge is 2.40. The lowest BCUT2D eigenvalue weighted by Crippen LogP contribution is -2.31. The second-order valence-corrected chi connectivity index (χ2v) is 5.58. The zero-order valence-corrected chi connectivity index (χ0v) is 11.9. The number of amides is 1. The first-order valence-electron chi connectivity index (χ1n) is 6.07. The molecule has 6 heteroatoms. The molecule has 0 atom stereocenters. The van der Waals surface area contributed by atoms with Crippen molar-refractivity contribution in [2.45, 2.75) is 17.1 Å². The zero-order valence-electron chi connectivity index (χ0n) is 11.1. The van der Waals surface area contributed by atoms with E-state index in [0.717, 1.165) is 17.7 Å². The summed E-state index contributed by atoms with van der Waals surface area (Å²) in [6.07, 6.45) is 0. The van der Waals surface area contributed by atoms with E-state index in [2.05, 4.69) is 5.32 Å². The normalized spacial score (nSPS) is 11.2. The van der Waals surface area contributed by atoms with Crippen LogP contribution < -0.4 is 5.32 Å². The molecule has 0 aromatic heterocycles. The SMILES string of the molecule is Cc1ccc(SC(F)(F)C(=O)Nc2ccc(F)cc2)cc1. The highest BCUT2D eigenvalue weighted by molar-refractivity contribution is 8.01. The van der Waals surface area contributed by atoms with Gasteiger partial charge in [-0.05, 0) is 55.1 Å². The molecule has 21 heavy (non-hydrogen) atoms. The minimum atomic E-state index is -3.62. The lowest BCUT2D eigenvalue weighted by atomic mass is 10.2. The number of alkyl halides is 2. The van der Waals surface area contributed by atoms with Gasteiger partial charge < -0.3 is 5.32 Å². The molecule has 1 N–H and O–H groups in total. The quantitative estimate of drug-likeness (QED) is 0.845. The Morgan fingerprint density at radius 1 is 1.05 bits per heavy atom. The molecule has 0 aliphatic heterocycles. The average molecular weight is 311 g/mol. The van der Waals surface area contributed by atoms with Crippen molar-refractivity contribution in [3.8, 4) is 0 Å². The molecule has 0 spiro atoms. The maximum Gasteiger partial charge on any atom is 0.375 e. The molecule has 2 aromatic rings. The van der Waals surface area contributed by atoms with Crippen LogP contribution in [0, 0.1) is 12.7 Å². The number of carbonyl (C=O) groups is 1. The fourth-order valence-electron chi connectivity index (χ4n) is 1.54. The lowest BCUT2D eigenvalue weighted by Gasteiger charge is -2.15. The third-order valence-corrected chi connectivity index (χ3v) is 3.58. The minimum absolute atomic E-state index is 0.116. The number of halogens is 3. The number of carbonyl (C=O) groups excluding carboxylic acids is 1. The van der Waals surface area contributed by atoms with Crippen molar-refractivity contribution in [1.82, 2.24) is 0 Å². The van der Waals surface area contributed by atoms with Gasteiger partial charge in [0.15, 0.2) is 0 Å². The first-order chi connectivity index (χ1) is 9.87. The van der Waals surface area contributed by atoms with E-state index in [9.17, 15) is 18.0 Å². The first kappa shape index (κ1) is 15.4. The molecule has 110 valence electrons. The van der Waals surface area contributed by atoms with Gasteiger partial charge in [0, 0.05) is 10.6 Å². The summed E-state index contributed by atoms with van der Waals surface area (Å²) in [6.45, 7) is 1.84. The smallest absolute Gasteiger partial charge is 0.320 e. The fraction of sp³-hybridized carbons (Fsp3) is 0.133. The van der Waals surface area contributed by atoms with E-state index in [4.69, 9.17) is 0 Å². The molecule has 0 aliphatic rings. The molecular weight excluding hydrogens is 299 g/mol. The van der Waals surface area contributed by atoms with Crippen LogP contribution in [0.15, 0.2) is 53.4 Å². The molecule has 2 aromatic carbocycles. The molecule has 2 rings (SSSR count). The van der Waals surface area contributed by atoms with Gasteiger partial charge in [-0.1, -0.05) is 17.7 Å². The monoisotopic (exact) mass is 311 g/mol. The van der Waals surface area contributed by atoms with Crippen LogP contribution in [0.2, 0.25) is 0 Å². The van der Waals surface area contributed by atoms with Gasteiger partial charge in [0.2, 0.25) is 0 Å². The lowest BCUT2D eigenvalue weighted by molar-refractivity contribution is -0.129. The van der Waals surface area contributed by atoms with Gasteiger partial charge in [0.25, 0.3) is 0 Å². The number of hydrogen-bond acceptors (Lipinski definition) is 2. The highest BCUT2D eigenvalue weighted by Crippen LogP contribution is 2.36. The van der Waals surface area contributed by atoms with Crippen LogP contribution in [0.25, 0.3) is 0 Å². The number of anilines is 1. The van der Waals surface area contributed by atoms with Crippen LogP contribution >= 0.6 is 11.8 Å². The van der Waals surface area contributed by atoms with E-state index < -0.39 is 17.0 Å². The van der Waals surface area contributed by atoms with Crippen LogP contribution in [0.5, 0.6) is 0 Å². The van der Waals surface area contributed by atoms with Crippen molar-refractivity contribution in [2.75, 3.05) is 5.32 Å². The summed E-state index contributed by atoms with van der Waals surface area (Å²) in [6, 6.07) is 11.0. The maximum atomic E-state index is 13.8. The summed E-state index contributed by atoms with van der Waals surface area (Å²) in [5, 5.41) is -1.56. The third-order valence-electron chi connectivity index (χ3n) is 2.63. The molecule has 0 saturated heterocycles. The molecule has 0 radical (unpaired) electrons. The molecular formula is C15H12F3NOS. The summed E-state index contributed by atoms with van der Waals surface area (Å²) < 4.78 is 40.4. The minimum Gasteiger partial charge on any atom is -0.320 e. The molecule has 0 saturated carbocycles. The van der Waals surface area contributed by atoms with E-state index >= 15 is 0 Å². The second kappa shape index (κ2) is 6.22. The number of thioether (sulfide) groups is 1.